The van der Waals surface area contributed by atoms with Crippen molar-refractivity contribution in [2.24, 2.45) is 0 Å². The molecular formula is C12H13BrClFN2O. The van der Waals surface area contributed by atoms with Gasteiger partial charge in [0.1, 0.15) is 5.82 Å². The second-order valence-corrected chi connectivity index (χ2v) is 5.66. The summed E-state index contributed by atoms with van der Waals surface area (Å²) in [6, 6.07) is 2.79. The van der Waals surface area contributed by atoms with Crippen LogP contribution in [0.5, 0.6) is 0 Å². The maximum absolute atomic E-state index is 13.8. The van der Waals surface area contributed by atoms with Crippen LogP contribution in [0.1, 0.15) is 10.4 Å². The van der Waals surface area contributed by atoms with Crippen molar-refractivity contribution in [1.82, 2.24) is 9.80 Å². The van der Waals surface area contributed by atoms with Crippen LogP contribution in [-0.4, -0.2) is 48.9 Å². The first-order valence-corrected chi connectivity index (χ1v) is 6.78. The van der Waals surface area contributed by atoms with Gasteiger partial charge in [-0.05, 0) is 19.2 Å². The van der Waals surface area contributed by atoms with Crippen molar-refractivity contribution in [2.45, 2.75) is 0 Å². The largest absolute Gasteiger partial charge is 0.336 e. The van der Waals surface area contributed by atoms with Crippen molar-refractivity contribution in [3.63, 3.8) is 0 Å². The molecule has 18 heavy (non-hydrogen) atoms. The summed E-state index contributed by atoms with van der Waals surface area (Å²) < 4.78 is 14.3. The van der Waals surface area contributed by atoms with Gasteiger partial charge in [-0.1, -0.05) is 27.5 Å². The number of likely N-dealkylation sites (N-methyl/N-ethyl adjacent to an activating group) is 1. The molecule has 3 nitrogen and oxygen atoms in total. The van der Waals surface area contributed by atoms with Crippen LogP contribution in [0, 0.1) is 5.82 Å². The van der Waals surface area contributed by atoms with Gasteiger partial charge in [0.2, 0.25) is 0 Å². The molecule has 1 aromatic carbocycles. The van der Waals surface area contributed by atoms with E-state index in [0.717, 1.165) is 13.1 Å². The molecule has 0 radical (unpaired) electrons. The molecule has 6 heteroatoms. The van der Waals surface area contributed by atoms with Gasteiger partial charge in [0.15, 0.2) is 0 Å². The van der Waals surface area contributed by atoms with Crippen LogP contribution in [0.2, 0.25) is 5.02 Å². The Kier molecular flexibility index (Phi) is 4.25. The minimum Gasteiger partial charge on any atom is -0.336 e. The van der Waals surface area contributed by atoms with Crippen LogP contribution in [0.25, 0.3) is 0 Å². The van der Waals surface area contributed by atoms with Crippen LogP contribution >= 0.6 is 27.5 Å². The number of amides is 1. The number of halogens is 3. The van der Waals surface area contributed by atoms with E-state index >= 15 is 0 Å². The highest BCUT2D eigenvalue weighted by molar-refractivity contribution is 9.10. The Morgan fingerprint density at radius 2 is 1.94 bits per heavy atom. The van der Waals surface area contributed by atoms with Gasteiger partial charge < -0.3 is 9.80 Å². The molecule has 0 saturated carbocycles. The Hall–Kier alpha value is -0.650. The smallest absolute Gasteiger partial charge is 0.258 e. The van der Waals surface area contributed by atoms with Crippen molar-refractivity contribution in [3.05, 3.63) is 33.0 Å². The average molecular weight is 336 g/mol. The number of hydrogen-bond acceptors (Lipinski definition) is 2. The summed E-state index contributed by atoms with van der Waals surface area (Å²) in [7, 11) is 2.00. The van der Waals surface area contributed by atoms with E-state index in [4.69, 9.17) is 11.6 Å². The zero-order chi connectivity index (χ0) is 13.3. The highest BCUT2D eigenvalue weighted by atomic mass is 79.9. The van der Waals surface area contributed by atoms with E-state index in [-0.39, 0.29) is 16.5 Å². The Labute approximate surface area is 119 Å². The summed E-state index contributed by atoms with van der Waals surface area (Å²) in [6.45, 7) is 2.78. The molecule has 0 N–H and O–H groups in total. The lowest BCUT2D eigenvalue weighted by atomic mass is 10.1. The Morgan fingerprint density at radius 3 is 2.50 bits per heavy atom. The summed E-state index contributed by atoms with van der Waals surface area (Å²) in [5, 5.41) is 0.144. The molecule has 2 rings (SSSR count). The van der Waals surface area contributed by atoms with E-state index < -0.39 is 5.82 Å². The third-order valence-corrected chi connectivity index (χ3v) is 3.77. The molecule has 1 aliphatic heterocycles. The van der Waals surface area contributed by atoms with Gasteiger partial charge in [0.05, 0.1) is 10.6 Å². The first kappa shape index (κ1) is 13.8. The monoisotopic (exact) mass is 334 g/mol. The third kappa shape index (κ3) is 2.84. The van der Waals surface area contributed by atoms with Gasteiger partial charge in [0.25, 0.3) is 5.91 Å². The summed E-state index contributed by atoms with van der Waals surface area (Å²) in [5.41, 5.74) is -0.0376. The van der Waals surface area contributed by atoms with Crippen molar-refractivity contribution in [2.75, 3.05) is 33.2 Å². The zero-order valence-electron chi connectivity index (χ0n) is 9.92. The number of rotatable bonds is 1. The summed E-state index contributed by atoms with van der Waals surface area (Å²) in [5.74, 6) is -0.920. The molecule has 0 aliphatic carbocycles. The van der Waals surface area contributed by atoms with Crippen molar-refractivity contribution >= 4 is 33.4 Å². The van der Waals surface area contributed by atoms with Crippen LogP contribution < -0.4 is 0 Å². The summed E-state index contributed by atoms with van der Waals surface area (Å²) in [4.78, 5) is 16.0. The highest BCUT2D eigenvalue weighted by Crippen LogP contribution is 2.26. The SMILES string of the molecule is CN1CCN(C(=O)c2c(F)cc(Br)cc2Cl)CC1. The number of nitrogens with zero attached hydrogens (tertiary/aromatic N) is 2. The van der Waals surface area contributed by atoms with Gasteiger partial charge in [-0.15, -0.1) is 0 Å². The standard InChI is InChI=1S/C12H13BrClFN2O/c1-16-2-4-17(5-3-16)12(18)11-9(14)6-8(13)7-10(11)15/h6-7H,2-5H2,1H3. The number of piperazine rings is 1. The van der Waals surface area contributed by atoms with E-state index in [2.05, 4.69) is 20.8 Å². The van der Waals surface area contributed by atoms with E-state index in [1.54, 1.807) is 4.90 Å². The van der Waals surface area contributed by atoms with Crippen LogP contribution in [0.3, 0.4) is 0 Å². The molecule has 1 aromatic rings. The topological polar surface area (TPSA) is 23.6 Å². The first-order chi connectivity index (χ1) is 8.49. The molecule has 0 atom stereocenters. The lowest BCUT2D eigenvalue weighted by Gasteiger charge is -2.32. The minimum atomic E-state index is -0.585. The fraction of sp³-hybridized carbons (Fsp3) is 0.417. The Bertz CT molecular complexity index is 452. The third-order valence-electron chi connectivity index (χ3n) is 3.01. The van der Waals surface area contributed by atoms with E-state index in [0.29, 0.717) is 17.6 Å². The maximum atomic E-state index is 13.8. The van der Waals surface area contributed by atoms with Crippen molar-refractivity contribution < 1.29 is 9.18 Å². The highest BCUT2D eigenvalue weighted by Gasteiger charge is 2.25. The second kappa shape index (κ2) is 5.55. The maximum Gasteiger partial charge on any atom is 0.258 e. The number of carbonyl (C=O) groups excluding carboxylic acids is 1. The molecule has 0 spiro atoms. The van der Waals surface area contributed by atoms with Gasteiger partial charge in [0, 0.05) is 30.7 Å². The quantitative estimate of drug-likeness (QED) is 0.788. The molecule has 1 heterocycles. The van der Waals surface area contributed by atoms with Crippen LogP contribution in [0.15, 0.2) is 16.6 Å². The van der Waals surface area contributed by atoms with Gasteiger partial charge in [-0.3, -0.25) is 4.79 Å². The van der Waals surface area contributed by atoms with Crippen LogP contribution in [0.4, 0.5) is 4.39 Å². The summed E-state index contributed by atoms with van der Waals surface area (Å²) >= 11 is 9.09. The molecule has 1 amide bonds. The first-order valence-electron chi connectivity index (χ1n) is 5.61. The van der Waals surface area contributed by atoms with Gasteiger partial charge in [-0.2, -0.15) is 0 Å². The van der Waals surface area contributed by atoms with Gasteiger partial charge >= 0.3 is 0 Å². The van der Waals surface area contributed by atoms with Crippen molar-refractivity contribution in [3.8, 4) is 0 Å². The Balaban J connectivity index is 2.24. The molecule has 0 bridgehead atoms. The van der Waals surface area contributed by atoms with Crippen LogP contribution in [-0.2, 0) is 0 Å². The van der Waals surface area contributed by atoms with E-state index in [1.165, 1.54) is 12.1 Å². The number of benzene rings is 1. The normalized spacial score (nSPS) is 17.0. The fourth-order valence-electron chi connectivity index (χ4n) is 1.91. The van der Waals surface area contributed by atoms with E-state index in [9.17, 15) is 9.18 Å². The molecule has 1 aliphatic rings. The lowest BCUT2D eigenvalue weighted by Crippen LogP contribution is -2.47. The number of hydrogen-bond donors (Lipinski definition) is 0. The van der Waals surface area contributed by atoms with E-state index in [1.807, 2.05) is 7.05 Å². The predicted molar refractivity (Wildman–Crippen MR) is 72.5 cm³/mol. The average Bonchev–Trinajstić information content (AvgIpc) is 2.28. The molecule has 0 aromatic heterocycles. The molecule has 1 fully saturated rings. The van der Waals surface area contributed by atoms with Crippen molar-refractivity contribution in [1.29, 1.82) is 0 Å². The second-order valence-electron chi connectivity index (χ2n) is 4.34. The zero-order valence-corrected chi connectivity index (χ0v) is 12.3. The lowest BCUT2D eigenvalue weighted by molar-refractivity contribution is 0.0659. The summed E-state index contributed by atoms with van der Waals surface area (Å²) in [6.07, 6.45) is 0. The number of carbonyl (C=O) groups is 1. The van der Waals surface area contributed by atoms with Gasteiger partial charge in [-0.25, -0.2) is 4.39 Å². The Morgan fingerprint density at radius 1 is 1.33 bits per heavy atom. The molecule has 98 valence electrons. The minimum absolute atomic E-state index is 0.0376. The molecular weight excluding hydrogens is 322 g/mol. The fourth-order valence-corrected chi connectivity index (χ4v) is 2.76. The molecule has 0 unspecified atom stereocenters. The molecule has 1 saturated heterocycles. The predicted octanol–water partition coefficient (Wildman–Crippen LogP) is 2.63.